The van der Waals surface area contributed by atoms with E-state index in [1.54, 1.807) is 0 Å². The molecule has 16 heavy (non-hydrogen) atoms. The summed E-state index contributed by atoms with van der Waals surface area (Å²) in [6, 6.07) is 0. The predicted molar refractivity (Wildman–Crippen MR) is 66.1 cm³/mol. The molecule has 0 radical (unpaired) electrons. The molecule has 4 atom stereocenters. The van der Waals surface area contributed by atoms with Crippen molar-refractivity contribution in [3.63, 3.8) is 0 Å². The van der Waals surface area contributed by atoms with Crippen LogP contribution in [0.4, 0.5) is 0 Å². The Balaban J connectivity index is 1.74. The third-order valence-electron chi connectivity index (χ3n) is 6.37. The summed E-state index contributed by atoms with van der Waals surface area (Å²) in [6.45, 7) is 4.32. The van der Waals surface area contributed by atoms with E-state index in [9.17, 15) is 5.11 Å². The molecule has 0 spiro atoms. The first-order valence-corrected chi connectivity index (χ1v) is 7.40. The summed E-state index contributed by atoms with van der Waals surface area (Å²) in [5, 5.41) is 10.7. The molecule has 3 saturated carbocycles. The fourth-order valence-corrected chi connectivity index (χ4v) is 5.28. The van der Waals surface area contributed by atoms with E-state index < -0.39 is 0 Å². The van der Waals surface area contributed by atoms with E-state index in [2.05, 4.69) is 13.8 Å². The van der Waals surface area contributed by atoms with Crippen molar-refractivity contribution in [3.8, 4) is 0 Å². The van der Waals surface area contributed by atoms with E-state index >= 15 is 0 Å². The Morgan fingerprint density at radius 2 is 1.44 bits per heavy atom. The van der Waals surface area contributed by atoms with Gasteiger partial charge in [0.25, 0.3) is 0 Å². The van der Waals surface area contributed by atoms with Gasteiger partial charge in [0, 0.05) is 0 Å². The van der Waals surface area contributed by atoms with Crippen LogP contribution in [-0.4, -0.2) is 10.7 Å². The zero-order valence-electron chi connectivity index (χ0n) is 10.8. The van der Waals surface area contributed by atoms with Gasteiger partial charge in [0.2, 0.25) is 0 Å². The Labute approximate surface area is 99.6 Å². The predicted octanol–water partition coefficient (Wildman–Crippen LogP) is 3.61. The van der Waals surface area contributed by atoms with Gasteiger partial charge in [-0.1, -0.05) is 13.8 Å². The van der Waals surface area contributed by atoms with E-state index in [1.807, 2.05) is 0 Å². The third-order valence-corrected chi connectivity index (χ3v) is 6.37. The molecule has 1 N–H and O–H groups in total. The second kappa shape index (κ2) is 3.73. The number of hydrogen-bond acceptors (Lipinski definition) is 1. The summed E-state index contributed by atoms with van der Waals surface area (Å²) >= 11 is 0. The standard InChI is InChI=1S/C15H26O/c1-3-15(16,4-2)12-8-13-10-5-6-11(7-10)14(13)9-12/h10-14,16H,3-9H2,1-2H3. The first kappa shape index (κ1) is 11.1. The van der Waals surface area contributed by atoms with Gasteiger partial charge in [-0.3, -0.25) is 0 Å². The van der Waals surface area contributed by atoms with E-state index in [0.29, 0.717) is 5.92 Å². The average molecular weight is 222 g/mol. The normalized spacial score (nSPS) is 46.3. The molecule has 2 bridgehead atoms. The van der Waals surface area contributed by atoms with Crippen LogP contribution >= 0.6 is 0 Å². The average Bonchev–Trinajstić information content (AvgIpc) is 2.98. The van der Waals surface area contributed by atoms with Crippen LogP contribution in [0.25, 0.3) is 0 Å². The maximum absolute atomic E-state index is 10.7. The van der Waals surface area contributed by atoms with Crippen LogP contribution in [0.3, 0.4) is 0 Å². The molecular formula is C15H26O. The van der Waals surface area contributed by atoms with Crippen molar-refractivity contribution in [3.05, 3.63) is 0 Å². The summed E-state index contributed by atoms with van der Waals surface area (Å²) < 4.78 is 0. The fraction of sp³-hybridized carbons (Fsp3) is 1.00. The van der Waals surface area contributed by atoms with Crippen molar-refractivity contribution < 1.29 is 5.11 Å². The van der Waals surface area contributed by atoms with Crippen LogP contribution < -0.4 is 0 Å². The molecule has 0 aliphatic heterocycles. The maximum Gasteiger partial charge on any atom is 0.0670 e. The highest BCUT2D eigenvalue weighted by Gasteiger charge is 2.54. The molecule has 3 fully saturated rings. The fourth-order valence-electron chi connectivity index (χ4n) is 5.28. The van der Waals surface area contributed by atoms with Crippen molar-refractivity contribution in [2.75, 3.05) is 0 Å². The van der Waals surface area contributed by atoms with E-state index in [1.165, 1.54) is 32.1 Å². The lowest BCUT2D eigenvalue weighted by atomic mass is 9.80. The van der Waals surface area contributed by atoms with Crippen molar-refractivity contribution in [2.24, 2.45) is 29.6 Å². The molecule has 0 aromatic carbocycles. The lowest BCUT2D eigenvalue weighted by Gasteiger charge is -2.33. The largest absolute Gasteiger partial charge is 0.390 e. The van der Waals surface area contributed by atoms with Crippen molar-refractivity contribution in [1.29, 1.82) is 0 Å². The minimum atomic E-state index is -0.343. The highest BCUT2D eigenvalue weighted by Crippen LogP contribution is 2.61. The first-order chi connectivity index (χ1) is 7.68. The van der Waals surface area contributed by atoms with E-state index in [0.717, 1.165) is 36.5 Å². The number of fused-ring (bicyclic) bond motifs is 5. The molecule has 4 unspecified atom stereocenters. The van der Waals surface area contributed by atoms with Crippen LogP contribution in [-0.2, 0) is 0 Å². The van der Waals surface area contributed by atoms with Crippen LogP contribution in [0.5, 0.6) is 0 Å². The van der Waals surface area contributed by atoms with Crippen LogP contribution in [0, 0.1) is 29.6 Å². The Morgan fingerprint density at radius 3 is 1.88 bits per heavy atom. The molecule has 0 heterocycles. The van der Waals surface area contributed by atoms with Gasteiger partial charge in [0.15, 0.2) is 0 Å². The second-order valence-electron chi connectivity index (χ2n) is 6.64. The third kappa shape index (κ3) is 1.40. The molecular weight excluding hydrogens is 196 g/mol. The molecule has 92 valence electrons. The van der Waals surface area contributed by atoms with Gasteiger partial charge < -0.3 is 5.11 Å². The van der Waals surface area contributed by atoms with Gasteiger partial charge in [-0.15, -0.1) is 0 Å². The topological polar surface area (TPSA) is 20.2 Å². The molecule has 3 rings (SSSR count). The van der Waals surface area contributed by atoms with Crippen LogP contribution in [0.15, 0.2) is 0 Å². The molecule has 0 aromatic heterocycles. The Bertz CT molecular complexity index is 251. The smallest absolute Gasteiger partial charge is 0.0670 e. The van der Waals surface area contributed by atoms with Gasteiger partial charge >= 0.3 is 0 Å². The summed E-state index contributed by atoms with van der Waals surface area (Å²) in [4.78, 5) is 0. The quantitative estimate of drug-likeness (QED) is 0.773. The molecule has 0 aromatic rings. The Morgan fingerprint density at radius 1 is 0.938 bits per heavy atom. The second-order valence-corrected chi connectivity index (χ2v) is 6.64. The number of hydrogen-bond donors (Lipinski definition) is 1. The number of rotatable bonds is 3. The molecule has 3 aliphatic carbocycles. The Kier molecular flexibility index (Phi) is 2.58. The molecule has 3 aliphatic rings. The summed E-state index contributed by atoms with van der Waals surface area (Å²) in [7, 11) is 0. The molecule has 0 saturated heterocycles. The summed E-state index contributed by atoms with van der Waals surface area (Å²) in [5.74, 6) is 4.68. The minimum absolute atomic E-state index is 0.343. The lowest BCUT2D eigenvalue weighted by molar-refractivity contribution is -0.0273. The monoisotopic (exact) mass is 222 g/mol. The van der Waals surface area contributed by atoms with Crippen molar-refractivity contribution in [1.82, 2.24) is 0 Å². The molecule has 1 nitrogen and oxygen atoms in total. The SMILES string of the molecule is CCC(O)(CC)C1CC2C3CCC(C3)C2C1. The first-order valence-electron chi connectivity index (χ1n) is 7.40. The van der Waals surface area contributed by atoms with Crippen LogP contribution in [0.2, 0.25) is 0 Å². The van der Waals surface area contributed by atoms with Gasteiger partial charge in [0.05, 0.1) is 5.60 Å². The Hall–Kier alpha value is -0.0400. The van der Waals surface area contributed by atoms with E-state index in [4.69, 9.17) is 0 Å². The van der Waals surface area contributed by atoms with Crippen LogP contribution in [0.1, 0.15) is 58.8 Å². The molecule has 0 amide bonds. The highest BCUT2D eigenvalue weighted by atomic mass is 16.3. The zero-order chi connectivity index (χ0) is 11.3. The van der Waals surface area contributed by atoms with Gasteiger partial charge in [0.1, 0.15) is 0 Å². The lowest BCUT2D eigenvalue weighted by Crippen LogP contribution is -2.35. The summed E-state index contributed by atoms with van der Waals surface area (Å²) in [5.41, 5.74) is -0.343. The zero-order valence-corrected chi connectivity index (χ0v) is 10.8. The minimum Gasteiger partial charge on any atom is -0.390 e. The van der Waals surface area contributed by atoms with Crippen molar-refractivity contribution >= 4 is 0 Å². The highest BCUT2D eigenvalue weighted by molar-refractivity contribution is 5.04. The van der Waals surface area contributed by atoms with Gasteiger partial charge in [-0.25, -0.2) is 0 Å². The van der Waals surface area contributed by atoms with Gasteiger partial charge in [-0.2, -0.15) is 0 Å². The van der Waals surface area contributed by atoms with Gasteiger partial charge in [-0.05, 0) is 74.5 Å². The van der Waals surface area contributed by atoms with Crippen molar-refractivity contribution in [2.45, 2.75) is 64.4 Å². The number of aliphatic hydroxyl groups is 1. The van der Waals surface area contributed by atoms with E-state index in [-0.39, 0.29) is 5.60 Å². The molecule has 1 heteroatoms. The summed E-state index contributed by atoms with van der Waals surface area (Å²) in [6.07, 6.45) is 9.09. The maximum atomic E-state index is 10.7.